The lowest BCUT2D eigenvalue weighted by atomic mass is 10.0. The number of Topliss-reactive ketones (excluding diaryl/α,β-unsaturated/α-hetero) is 1. The molecule has 3 aromatic rings. The van der Waals surface area contributed by atoms with Crippen molar-refractivity contribution >= 4 is 11.7 Å². The van der Waals surface area contributed by atoms with Crippen molar-refractivity contribution in [3.05, 3.63) is 59.4 Å². The summed E-state index contributed by atoms with van der Waals surface area (Å²) in [7, 11) is 0. The monoisotopic (exact) mass is 332 g/mol. The molecule has 25 heavy (non-hydrogen) atoms. The summed E-state index contributed by atoms with van der Waals surface area (Å²) in [4.78, 5) is 36.0. The molecule has 0 bridgehead atoms. The highest BCUT2D eigenvalue weighted by Gasteiger charge is 2.20. The Morgan fingerprint density at radius 1 is 1.16 bits per heavy atom. The fourth-order valence-electron chi connectivity index (χ4n) is 3.06. The number of nitrogens with one attached hydrogen (secondary N) is 2. The maximum absolute atomic E-state index is 11.9. The molecule has 1 aliphatic rings. The SMILES string of the molecule is CC(=O)c1ccccc1-c1nccc(-c2cc3c([nH]2)CCNC3=O)n1. The first kappa shape index (κ1) is 15.3. The first-order valence-corrected chi connectivity index (χ1v) is 8.07. The second kappa shape index (κ2) is 5.98. The average molecular weight is 332 g/mol. The molecule has 0 fully saturated rings. The number of benzene rings is 1. The molecule has 6 nitrogen and oxygen atoms in total. The smallest absolute Gasteiger partial charge is 0.253 e. The number of fused-ring (bicyclic) bond motifs is 1. The number of hydrogen-bond donors (Lipinski definition) is 2. The molecule has 124 valence electrons. The van der Waals surface area contributed by atoms with Gasteiger partial charge in [-0.2, -0.15) is 0 Å². The highest BCUT2D eigenvalue weighted by atomic mass is 16.1. The van der Waals surface area contributed by atoms with Crippen LogP contribution in [-0.4, -0.2) is 33.2 Å². The van der Waals surface area contributed by atoms with E-state index in [0.717, 1.165) is 17.8 Å². The van der Waals surface area contributed by atoms with Crippen LogP contribution in [0.3, 0.4) is 0 Å². The highest BCUT2D eigenvalue weighted by molar-refractivity contribution is 6.00. The molecule has 1 aliphatic heterocycles. The molecular weight excluding hydrogens is 316 g/mol. The summed E-state index contributed by atoms with van der Waals surface area (Å²) in [6.07, 6.45) is 2.43. The number of nitrogens with zero attached hydrogens (tertiary/aromatic N) is 2. The fraction of sp³-hybridized carbons (Fsp3) is 0.158. The van der Waals surface area contributed by atoms with E-state index in [1.165, 1.54) is 6.92 Å². The van der Waals surface area contributed by atoms with Crippen LogP contribution in [0.2, 0.25) is 0 Å². The van der Waals surface area contributed by atoms with Gasteiger partial charge in [-0.25, -0.2) is 9.97 Å². The first-order chi connectivity index (χ1) is 12.1. The average Bonchev–Trinajstić information content (AvgIpc) is 3.08. The van der Waals surface area contributed by atoms with Gasteiger partial charge in [-0.15, -0.1) is 0 Å². The summed E-state index contributed by atoms with van der Waals surface area (Å²) in [5.74, 6) is 0.386. The standard InChI is InChI=1S/C19H16N4O2/c1-11(24)12-4-2-3-5-13(12)18-20-8-7-16(23-18)17-10-14-15(22-17)6-9-21-19(14)25/h2-5,7-8,10,22H,6,9H2,1H3,(H,21,25). The van der Waals surface area contributed by atoms with E-state index in [4.69, 9.17) is 0 Å². The van der Waals surface area contributed by atoms with Gasteiger partial charge in [0.15, 0.2) is 11.6 Å². The normalized spacial score (nSPS) is 13.2. The maximum Gasteiger partial charge on any atom is 0.253 e. The van der Waals surface area contributed by atoms with Gasteiger partial charge >= 0.3 is 0 Å². The van der Waals surface area contributed by atoms with Crippen LogP contribution in [0.25, 0.3) is 22.8 Å². The van der Waals surface area contributed by atoms with E-state index in [1.54, 1.807) is 18.3 Å². The van der Waals surface area contributed by atoms with Crippen molar-refractivity contribution in [2.45, 2.75) is 13.3 Å². The van der Waals surface area contributed by atoms with E-state index in [-0.39, 0.29) is 11.7 Å². The topological polar surface area (TPSA) is 87.7 Å². The third-order valence-corrected chi connectivity index (χ3v) is 4.28. The molecule has 0 aliphatic carbocycles. The largest absolute Gasteiger partial charge is 0.356 e. The summed E-state index contributed by atoms with van der Waals surface area (Å²) < 4.78 is 0. The Bertz CT molecular complexity index is 991. The molecule has 0 saturated carbocycles. The second-order valence-corrected chi connectivity index (χ2v) is 5.95. The van der Waals surface area contributed by atoms with E-state index in [2.05, 4.69) is 20.3 Å². The van der Waals surface area contributed by atoms with Crippen LogP contribution in [0.15, 0.2) is 42.6 Å². The number of aromatic amines is 1. The van der Waals surface area contributed by atoms with Gasteiger partial charge in [-0.05, 0) is 19.1 Å². The Kier molecular flexibility index (Phi) is 3.65. The number of carbonyl (C=O) groups excluding carboxylic acids is 2. The molecule has 0 unspecified atom stereocenters. The predicted molar refractivity (Wildman–Crippen MR) is 93.3 cm³/mol. The van der Waals surface area contributed by atoms with E-state index in [9.17, 15) is 9.59 Å². The van der Waals surface area contributed by atoms with Gasteiger partial charge in [0, 0.05) is 36.0 Å². The zero-order chi connectivity index (χ0) is 17.4. The number of rotatable bonds is 3. The number of hydrogen-bond acceptors (Lipinski definition) is 4. The van der Waals surface area contributed by atoms with Crippen LogP contribution in [0.1, 0.15) is 33.3 Å². The van der Waals surface area contributed by atoms with E-state index < -0.39 is 0 Å². The number of carbonyl (C=O) groups is 2. The number of H-pyrrole nitrogens is 1. The minimum atomic E-state index is -0.0695. The second-order valence-electron chi connectivity index (χ2n) is 5.95. The van der Waals surface area contributed by atoms with Gasteiger partial charge in [0.1, 0.15) is 0 Å². The van der Waals surface area contributed by atoms with Crippen LogP contribution in [0, 0.1) is 0 Å². The van der Waals surface area contributed by atoms with Crippen molar-refractivity contribution in [2.75, 3.05) is 6.54 Å². The van der Waals surface area contributed by atoms with Crippen LogP contribution >= 0.6 is 0 Å². The molecule has 2 aromatic heterocycles. The Morgan fingerprint density at radius 3 is 2.80 bits per heavy atom. The molecule has 0 saturated heterocycles. The summed E-state index contributed by atoms with van der Waals surface area (Å²) >= 11 is 0. The third-order valence-electron chi connectivity index (χ3n) is 4.28. The molecule has 6 heteroatoms. The van der Waals surface area contributed by atoms with E-state index in [1.807, 2.05) is 24.3 Å². The van der Waals surface area contributed by atoms with Crippen LogP contribution in [0.4, 0.5) is 0 Å². The molecule has 2 N–H and O–H groups in total. The van der Waals surface area contributed by atoms with E-state index in [0.29, 0.717) is 34.8 Å². The van der Waals surface area contributed by atoms with Crippen molar-refractivity contribution < 1.29 is 9.59 Å². The van der Waals surface area contributed by atoms with Crippen molar-refractivity contribution in [3.8, 4) is 22.8 Å². The predicted octanol–water partition coefficient (Wildman–Crippen LogP) is 2.63. The first-order valence-electron chi connectivity index (χ1n) is 8.07. The van der Waals surface area contributed by atoms with Crippen molar-refractivity contribution in [3.63, 3.8) is 0 Å². The molecule has 0 radical (unpaired) electrons. The molecule has 1 aromatic carbocycles. The lowest BCUT2D eigenvalue weighted by Gasteiger charge is -2.10. The van der Waals surface area contributed by atoms with Gasteiger partial charge < -0.3 is 10.3 Å². The Balaban J connectivity index is 1.79. The quantitative estimate of drug-likeness (QED) is 0.722. The minimum absolute atomic E-state index is 0.0309. The van der Waals surface area contributed by atoms with Gasteiger partial charge in [-0.3, -0.25) is 9.59 Å². The third kappa shape index (κ3) is 2.71. The Labute approximate surface area is 144 Å². The van der Waals surface area contributed by atoms with E-state index >= 15 is 0 Å². The van der Waals surface area contributed by atoms with Crippen molar-refractivity contribution in [2.24, 2.45) is 0 Å². The molecule has 4 rings (SSSR count). The summed E-state index contributed by atoms with van der Waals surface area (Å²) in [5.41, 5.74) is 4.32. The lowest BCUT2D eigenvalue weighted by molar-refractivity contribution is 0.0945. The van der Waals surface area contributed by atoms with Crippen molar-refractivity contribution in [1.29, 1.82) is 0 Å². The molecule has 1 amide bonds. The summed E-state index contributed by atoms with van der Waals surface area (Å²) in [6, 6.07) is 10.9. The van der Waals surface area contributed by atoms with Gasteiger partial charge in [0.2, 0.25) is 0 Å². The maximum atomic E-state index is 11.9. The summed E-state index contributed by atoms with van der Waals surface area (Å²) in [5, 5.41) is 2.83. The van der Waals surface area contributed by atoms with Gasteiger partial charge in [0.25, 0.3) is 5.91 Å². The number of ketones is 1. The Hall–Kier alpha value is -3.28. The highest BCUT2D eigenvalue weighted by Crippen LogP contribution is 2.26. The molecule has 3 heterocycles. The number of amides is 1. The fourth-order valence-corrected chi connectivity index (χ4v) is 3.06. The summed E-state index contributed by atoms with van der Waals surface area (Å²) in [6.45, 7) is 2.16. The van der Waals surface area contributed by atoms with Gasteiger partial charge in [0.05, 0.1) is 17.0 Å². The van der Waals surface area contributed by atoms with Crippen LogP contribution < -0.4 is 5.32 Å². The molecular formula is C19H16N4O2. The lowest BCUT2D eigenvalue weighted by Crippen LogP contribution is -2.31. The zero-order valence-corrected chi connectivity index (χ0v) is 13.7. The molecule has 0 spiro atoms. The van der Waals surface area contributed by atoms with Gasteiger partial charge in [-0.1, -0.05) is 24.3 Å². The van der Waals surface area contributed by atoms with Crippen LogP contribution in [0.5, 0.6) is 0 Å². The van der Waals surface area contributed by atoms with Crippen molar-refractivity contribution in [1.82, 2.24) is 20.3 Å². The minimum Gasteiger partial charge on any atom is -0.356 e. The molecule has 0 atom stereocenters. The van der Waals surface area contributed by atoms with Crippen LogP contribution in [-0.2, 0) is 6.42 Å². The Morgan fingerprint density at radius 2 is 2.00 bits per heavy atom. The zero-order valence-electron chi connectivity index (χ0n) is 13.7. The number of aromatic nitrogens is 3.